The van der Waals surface area contributed by atoms with Crippen molar-refractivity contribution in [2.75, 3.05) is 59.3 Å². The highest BCUT2D eigenvalue weighted by molar-refractivity contribution is 5.76. The van der Waals surface area contributed by atoms with Crippen LogP contribution in [0.1, 0.15) is 0 Å². The molecule has 0 spiro atoms. The molecule has 0 unspecified atom stereocenters. The van der Waals surface area contributed by atoms with Crippen LogP contribution in [0.5, 0.6) is 0 Å². The normalized spacial score (nSPS) is 32.6. The van der Waals surface area contributed by atoms with E-state index in [-0.39, 0.29) is 12.4 Å². The molecule has 0 bridgehead atoms. The fourth-order valence-corrected chi connectivity index (χ4v) is 3.42. The lowest BCUT2D eigenvalue weighted by atomic mass is 9.81. The van der Waals surface area contributed by atoms with Gasteiger partial charge in [-0.1, -0.05) is 0 Å². The number of hydrogen-bond donors (Lipinski definition) is 2. The molecule has 0 amide bonds. The molecule has 0 aromatic rings. The third kappa shape index (κ3) is 3.75. The zero-order chi connectivity index (χ0) is 16.0. The molecule has 2 atom stereocenters. The molecule has 0 aliphatic carbocycles. The van der Waals surface area contributed by atoms with E-state index in [0.29, 0.717) is 52.1 Å². The van der Waals surface area contributed by atoms with Gasteiger partial charge in [0, 0.05) is 31.5 Å². The Kier molecular flexibility index (Phi) is 6.13. The van der Waals surface area contributed by atoms with Crippen LogP contribution in [0, 0.1) is 17.3 Å². The van der Waals surface area contributed by atoms with E-state index in [1.165, 1.54) is 0 Å². The van der Waals surface area contributed by atoms with Gasteiger partial charge in [0.1, 0.15) is 5.41 Å². The Labute approximate surface area is 128 Å². The van der Waals surface area contributed by atoms with E-state index in [9.17, 15) is 9.90 Å². The third-order valence-corrected chi connectivity index (χ3v) is 4.47. The van der Waals surface area contributed by atoms with Crippen LogP contribution in [0.2, 0.25) is 0 Å². The number of fused-ring (bicyclic) bond motifs is 1. The van der Waals surface area contributed by atoms with Gasteiger partial charge in [0.25, 0.3) is 6.47 Å². The van der Waals surface area contributed by atoms with Crippen molar-refractivity contribution in [3.63, 3.8) is 0 Å². The van der Waals surface area contributed by atoms with Gasteiger partial charge in [-0.25, -0.2) is 0 Å². The van der Waals surface area contributed by atoms with Crippen LogP contribution in [0.15, 0.2) is 0 Å². The van der Waals surface area contributed by atoms with E-state index >= 15 is 0 Å². The monoisotopic (exact) mass is 317 g/mol. The number of ether oxygens (including phenoxy) is 3. The molecule has 2 N–H and O–H groups in total. The Bertz CT molecular complexity index is 383. The van der Waals surface area contributed by atoms with Crippen molar-refractivity contribution in [2.24, 2.45) is 17.3 Å². The van der Waals surface area contributed by atoms with Crippen LogP contribution >= 0.6 is 0 Å². The molecule has 0 radical (unpaired) electrons. The highest BCUT2D eigenvalue weighted by atomic mass is 16.5. The Balaban J connectivity index is 0.000000545. The zero-order valence-corrected chi connectivity index (χ0v) is 12.5. The lowest BCUT2D eigenvalue weighted by molar-refractivity contribution is -0.149. The lowest BCUT2D eigenvalue weighted by Crippen LogP contribution is -2.40. The second-order valence-electron chi connectivity index (χ2n) is 5.99. The molecule has 3 heterocycles. The van der Waals surface area contributed by atoms with E-state index < -0.39 is 11.4 Å². The Morgan fingerprint density at radius 1 is 1.23 bits per heavy atom. The average molecular weight is 317 g/mol. The number of carboxylic acids is 1. The molecule has 3 aliphatic rings. The number of likely N-dealkylation sites (tertiary alicyclic amines) is 1. The first-order valence-corrected chi connectivity index (χ1v) is 7.39. The molecule has 3 saturated heterocycles. The largest absolute Gasteiger partial charge is 0.483 e. The van der Waals surface area contributed by atoms with Gasteiger partial charge in [0.05, 0.1) is 39.6 Å². The molecule has 0 aromatic carbocycles. The summed E-state index contributed by atoms with van der Waals surface area (Å²) < 4.78 is 16.4. The summed E-state index contributed by atoms with van der Waals surface area (Å²) in [6.45, 7) is 5.65. The molecule has 0 aromatic heterocycles. The van der Waals surface area contributed by atoms with E-state index in [1.807, 2.05) is 0 Å². The molecule has 3 aliphatic heterocycles. The number of carbonyl (C=O) groups is 2. The first-order valence-electron chi connectivity index (χ1n) is 7.39. The van der Waals surface area contributed by atoms with Crippen molar-refractivity contribution in [3.05, 3.63) is 0 Å². The van der Waals surface area contributed by atoms with Crippen molar-refractivity contribution in [1.82, 2.24) is 4.90 Å². The summed E-state index contributed by atoms with van der Waals surface area (Å²) in [6.07, 6.45) is 0. The second kappa shape index (κ2) is 7.87. The Morgan fingerprint density at radius 2 is 1.86 bits per heavy atom. The number of nitrogens with zero attached hydrogens (tertiary/aromatic N) is 1. The summed E-state index contributed by atoms with van der Waals surface area (Å²) in [6, 6.07) is 0. The summed E-state index contributed by atoms with van der Waals surface area (Å²) in [5, 5.41) is 16.4. The molecule has 0 saturated carbocycles. The quantitative estimate of drug-likeness (QED) is 0.664. The fourth-order valence-electron chi connectivity index (χ4n) is 3.42. The predicted molar refractivity (Wildman–Crippen MR) is 74.6 cm³/mol. The topological polar surface area (TPSA) is 106 Å². The standard InChI is InChI=1S/C13H21NO5.CH2O2/c15-12(16)13-8-14(4-11(13)7-19-9-13)3-10-5-17-1-2-18-6-10;2-1-3/h10-11H,1-9H2,(H,15,16);1H,(H,2,3)/t11-,13-;/m1./s1. The van der Waals surface area contributed by atoms with Gasteiger partial charge in [-0.15, -0.1) is 0 Å². The van der Waals surface area contributed by atoms with Crippen LogP contribution < -0.4 is 0 Å². The van der Waals surface area contributed by atoms with Gasteiger partial charge < -0.3 is 29.3 Å². The van der Waals surface area contributed by atoms with Gasteiger partial charge in [-0.2, -0.15) is 0 Å². The van der Waals surface area contributed by atoms with Crippen molar-refractivity contribution >= 4 is 12.4 Å². The van der Waals surface area contributed by atoms with Crippen LogP contribution in [-0.4, -0.2) is 86.8 Å². The highest BCUT2D eigenvalue weighted by Crippen LogP contribution is 2.41. The zero-order valence-electron chi connectivity index (χ0n) is 12.5. The average Bonchev–Trinajstić information content (AvgIpc) is 2.89. The minimum absolute atomic E-state index is 0.123. The van der Waals surface area contributed by atoms with Crippen LogP contribution in [0.3, 0.4) is 0 Å². The summed E-state index contributed by atoms with van der Waals surface area (Å²) >= 11 is 0. The number of rotatable bonds is 3. The van der Waals surface area contributed by atoms with Crippen LogP contribution in [0.25, 0.3) is 0 Å². The minimum atomic E-state index is -0.717. The van der Waals surface area contributed by atoms with Crippen molar-refractivity contribution < 1.29 is 34.0 Å². The summed E-state index contributed by atoms with van der Waals surface area (Å²) in [5.41, 5.74) is -0.688. The summed E-state index contributed by atoms with van der Waals surface area (Å²) in [4.78, 5) is 22.1. The Morgan fingerprint density at radius 3 is 2.41 bits per heavy atom. The van der Waals surface area contributed by atoms with E-state index in [1.54, 1.807) is 0 Å². The highest BCUT2D eigenvalue weighted by Gasteiger charge is 2.56. The van der Waals surface area contributed by atoms with E-state index in [4.69, 9.17) is 24.1 Å². The van der Waals surface area contributed by atoms with Gasteiger partial charge >= 0.3 is 5.97 Å². The van der Waals surface area contributed by atoms with Gasteiger partial charge in [0.15, 0.2) is 0 Å². The summed E-state index contributed by atoms with van der Waals surface area (Å²) in [7, 11) is 0. The van der Waals surface area contributed by atoms with E-state index in [2.05, 4.69) is 4.90 Å². The molecule has 8 heteroatoms. The molecule has 8 nitrogen and oxygen atoms in total. The van der Waals surface area contributed by atoms with Crippen LogP contribution in [0.4, 0.5) is 0 Å². The summed E-state index contributed by atoms with van der Waals surface area (Å²) in [5.74, 6) is -0.253. The molecular formula is C14H23NO7. The van der Waals surface area contributed by atoms with Crippen molar-refractivity contribution in [3.8, 4) is 0 Å². The van der Waals surface area contributed by atoms with Gasteiger partial charge in [-0.3, -0.25) is 9.59 Å². The maximum absolute atomic E-state index is 11.5. The predicted octanol–water partition coefficient (Wildman–Crippen LogP) is -0.617. The van der Waals surface area contributed by atoms with Crippen LogP contribution in [-0.2, 0) is 23.8 Å². The molecule has 126 valence electrons. The maximum atomic E-state index is 11.5. The molecular weight excluding hydrogens is 294 g/mol. The molecule has 3 fully saturated rings. The number of hydrogen-bond acceptors (Lipinski definition) is 6. The number of aliphatic carboxylic acids is 1. The molecule has 22 heavy (non-hydrogen) atoms. The lowest BCUT2D eigenvalue weighted by Gasteiger charge is -2.24. The SMILES string of the molecule is O=C(O)[C@]12COC[C@H]1CN(CC1COCCOC1)C2.O=CO. The first-order chi connectivity index (χ1) is 10.6. The van der Waals surface area contributed by atoms with Crippen molar-refractivity contribution in [1.29, 1.82) is 0 Å². The maximum Gasteiger partial charge on any atom is 0.313 e. The fraction of sp³-hybridized carbons (Fsp3) is 0.857. The first kappa shape index (κ1) is 17.1. The minimum Gasteiger partial charge on any atom is -0.483 e. The third-order valence-electron chi connectivity index (χ3n) is 4.47. The number of carboxylic acid groups (broad SMARTS) is 2. The van der Waals surface area contributed by atoms with E-state index in [0.717, 1.165) is 13.1 Å². The smallest absolute Gasteiger partial charge is 0.313 e. The second-order valence-corrected chi connectivity index (χ2v) is 5.99. The van der Waals surface area contributed by atoms with Gasteiger partial charge in [0.2, 0.25) is 0 Å². The molecule has 3 rings (SSSR count). The Hall–Kier alpha value is -1.22. The van der Waals surface area contributed by atoms with Gasteiger partial charge in [-0.05, 0) is 0 Å². The van der Waals surface area contributed by atoms with Crippen molar-refractivity contribution in [2.45, 2.75) is 0 Å².